The Morgan fingerprint density at radius 2 is 1.94 bits per heavy atom. The summed E-state index contributed by atoms with van der Waals surface area (Å²) in [6.07, 6.45) is 2.73. The molecule has 1 aliphatic heterocycles. The Morgan fingerprint density at radius 3 is 2.67 bits per heavy atom. The third-order valence-corrected chi connectivity index (χ3v) is 3.34. The molecule has 0 spiro atoms. The van der Waals surface area contributed by atoms with Crippen molar-refractivity contribution in [3.8, 4) is 5.75 Å². The van der Waals surface area contributed by atoms with Gasteiger partial charge in [-0.2, -0.15) is 0 Å². The molecule has 3 heteroatoms. The fourth-order valence-corrected chi connectivity index (χ4v) is 2.41. The van der Waals surface area contributed by atoms with Crippen molar-refractivity contribution in [2.45, 2.75) is 25.8 Å². The molecule has 1 aliphatic rings. The van der Waals surface area contributed by atoms with Gasteiger partial charge in [0.05, 0.1) is 0 Å². The first kappa shape index (κ1) is 13.4. The monoisotopic (exact) mass is 248 g/mol. The zero-order valence-corrected chi connectivity index (χ0v) is 11.3. The SMILES string of the molecule is CC(CN1CCCC1)NCCOc1ccccc1. The summed E-state index contributed by atoms with van der Waals surface area (Å²) < 4.78 is 5.65. The Morgan fingerprint density at radius 1 is 1.22 bits per heavy atom. The first-order valence-corrected chi connectivity index (χ1v) is 6.98. The highest BCUT2D eigenvalue weighted by Crippen LogP contribution is 2.08. The van der Waals surface area contributed by atoms with Gasteiger partial charge >= 0.3 is 0 Å². The van der Waals surface area contributed by atoms with E-state index < -0.39 is 0 Å². The molecule has 0 saturated carbocycles. The van der Waals surface area contributed by atoms with Gasteiger partial charge in [0, 0.05) is 19.1 Å². The molecule has 1 heterocycles. The summed E-state index contributed by atoms with van der Waals surface area (Å²) in [6.45, 7) is 7.59. The molecule has 1 fully saturated rings. The molecule has 100 valence electrons. The normalized spacial score (nSPS) is 17.8. The molecule has 1 N–H and O–H groups in total. The maximum Gasteiger partial charge on any atom is 0.119 e. The highest BCUT2D eigenvalue weighted by Gasteiger charge is 2.13. The minimum atomic E-state index is 0.544. The molecule has 0 amide bonds. The number of hydrogen-bond acceptors (Lipinski definition) is 3. The van der Waals surface area contributed by atoms with Gasteiger partial charge in [-0.1, -0.05) is 18.2 Å². The summed E-state index contributed by atoms with van der Waals surface area (Å²) in [5.74, 6) is 0.950. The standard InChI is InChI=1S/C15H24N2O/c1-14(13-17-10-5-6-11-17)16-9-12-18-15-7-3-2-4-8-15/h2-4,7-8,14,16H,5-6,9-13H2,1H3. The van der Waals surface area contributed by atoms with Gasteiger partial charge in [-0.15, -0.1) is 0 Å². The second-order valence-electron chi connectivity index (χ2n) is 5.02. The fraction of sp³-hybridized carbons (Fsp3) is 0.600. The molecule has 0 aromatic heterocycles. The molecule has 0 radical (unpaired) electrons. The van der Waals surface area contributed by atoms with Crippen LogP contribution in [0.25, 0.3) is 0 Å². The number of hydrogen-bond donors (Lipinski definition) is 1. The van der Waals surface area contributed by atoms with Crippen LogP contribution >= 0.6 is 0 Å². The van der Waals surface area contributed by atoms with Crippen LogP contribution in [0.2, 0.25) is 0 Å². The maximum absolute atomic E-state index is 5.65. The first-order chi connectivity index (χ1) is 8.84. The van der Waals surface area contributed by atoms with E-state index in [0.717, 1.165) is 25.4 Å². The van der Waals surface area contributed by atoms with Crippen LogP contribution < -0.4 is 10.1 Å². The average molecular weight is 248 g/mol. The molecule has 18 heavy (non-hydrogen) atoms. The Kier molecular flexibility index (Phi) is 5.49. The van der Waals surface area contributed by atoms with E-state index in [0.29, 0.717) is 6.04 Å². The van der Waals surface area contributed by atoms with Crippen LogP contribution in [-0.4, -0.2) is 43.7 Å². The maximum atomic E-state index is 5.65. The van der Waals surface area contributed by atoms with Crippen molar-refractivity contribution in [1.82, 2.24) is 10.2 Å². The highest BCUT2D eigenvalue weighted by molar-refractivity contribution is 5.20. The quantitative estimate of drug-likeness (QED) is 0.748. The van der Waals surface area contributed by atoms with Gasteiger partial charge in [-0.3, -0.25) is 0 Å². The molecular formula is C15H24N2O. The Labute approximate surface area is 110 Å². The summed E-state index contributed by atoms with van der Waals surface area (Å²) in [5.41, 5.74) is 0. The van der Waals surface area contributed by atoms with Gasteiger partial charge in [0.2, 0.25) is 0 Å². The van der Waals surface area contributed by atoms with E-state index in [4.69, 9.17) is 4.74 Å². The summed E-state index contributed by atoms with van der Waals surface area (Å²) in [4.78, 5) is 2.54. The van der Waals surface area contributed by atoms with E-state index in [1.54, 1.807) is 0 Å². The second kappa shape index (κ2) is 7.39. The summed E-state index contributed by atoms with van der Waals surface area (Å²) >= 11 is 0. The van der Waals surface area contributed by atoms with Crippen molar-refractivity contribution in [3.63, 3.8) is 0 Å². The lowest BCUT2D eigenvalue weighted by Gasteiger charge is -2.21. The molecule has 2 rings (SSSR count). The molecule has 1 atom stereocenters. The van der Waals surface area contributed by atoms with Gasteiger partial charge in [0.25, 0.3) is 0 Å². The topological polar surface area (TPSA) is 24.5 Å². The van der Waals surface area contributed by atoms with Crippen molar-refractivity contribution in [2.75, 3.05) is 32.8 Å². The van der Waals surface area contributed by atoms with Crippen molar-refractivity contribution in [3.05, 3.63) is 30.3 Å². The van der Waals surface area contributed by atoms with Crippen LogP contribution in [0.3, 0.4) is 0 Å². The lowest BCUT2D eigenvalue weighted by Crippen LogP contribution is -2.39. The number of para-hydroxylation sites is 1. The molecule has 0 aliphatic carbocycles. The highest BCUT2D eigenvalue weighted by atomic mass is 16.5. The van der Waals surface area contributed by atoms with Crippen LogP contribution in [0.5, 0.6) is 5.75 Å². The van der Waals surface area contributed by atoms with Gasteiger partial charge in [-0.25, -0.2) is 0 Å². The number of ether oxygens (including phenoxy) is 1. The van der Waals surface area contributed by atoms with E-state index in [9.17, 15) is 0 Å². The van der Waals surface area contributed by atoms with Crippen molar-refractivity contribution >= 4 is 0 Å². The predicted octanol–water partition coefficient (Wildman–Crippen LogP) is 2.14. The van der Waals surface area contributed by atoms with Gasteiger partial charge in [0.1, 0.15) is 12.4 Å². The number of rotatable bonds is 7. The molecule has 1 unspecified atom stereocenters. The predicted molar refractivity (Wildman–Crippen MR) is 75.1 cm³/mol. The minimum Gasteiger partial charge on any atom is -0.492 e. The van der Waals surface area contributed by atoms with Crippen LogP contribution in [0.15, 0.2) is 30.3 Å². The summed E-state index contributed by atoms with van der Waals surface area (Å²) in [6, 6.07) is 10.5. The van der Waals surface area contributed by atoms with Crippen molar-refractivity contribution in [2.24, 2.45) is 0 Å². The second-order valence-corrected chi connectivity index (χ2v) is 5.02. The van der Waals surface area contributed by atoms with E-state index in [1.807, 2.05) is 30.3 Å². The van der Waals surface area contributed by atoms with Crippen LogP contribution in [-0.2, 0) is 0 Å². The van der Waals surface area contributed by atoms with Crippen molar-refractivity contribution in [1.29, 1.82) is 0 Å². The molecule has 1 saturated heterocycles. The largest absolute Gasteiger partial charge is 0.492 e. The molecule has 1 aromatic rings. The van der Waals surface area contributed by atoms with E-state index in [1.165, 1.54) is 25.9 Å². The molecular weight excluding hydrogens is 224 g/mol. The third-order valence-electron chi connectivity index (χ3n) is 3.34. The molecule has 0 bridgehead atoms. The third kappa shape index (κ3) is 4.67. The summed E-state index contributed by atoms with van der Waals surface area (Å²) in [5, 5.41) is 3.51. The lowest BCUT2D eigenvalue weighted by atomic mass is 10.3. The van der Waals surface area contributed by atoms with Crippen LogP contribution in [0.1, 0.15) is 19.8 Å². The van der Waals surface area contributed by atoms with E-state index in [2.05, 4.69) is 17.1 Å². The lowest BCUT2D eigenvalue weighted by molar-refractivity contribution is 0.273. The van der Waals surface area contributed by atoms with Crippen LogP contribution in [0, 0.1) is 0 Å². The van der Waals surface area contributed by atoms with Gasteiger partial charge in [-0.05, 0) is 45.0 Å². The Hall–Kier alpha value is -1.06. The summed E-state index contributed by atoms with van der Waals surface area (Å²) in [7, 11) is 0. The Bertz CT molecular complexity index is 323. The minimum absolute atomic E-state index is 0.544. The smallest absolute Gasteiger partial charge is 0.119 e. The number of nitrogens with zero attached hydrogens (tertiary/aromatic N) is 1. The number of nitrogens with one attached hydrogen (secondary N) is 1. The van der Waals surface area contributed by atoms with E-state index >= 15 is 0 Å². The van der Waals surface area contributed by atoms with Crippen LogP contribution in [0.4, 0.5) is 0 Å². The van der Waals surface area contributed by atoms with E-state index in [-0.39, 0.29) is 0 Å². The fourth-order valence-electron chi connectivity index (χ4n) is 2.41. The van der Waals surface area contributed by atoms with Gasteiger partial charge < -0.3 is 15.0 Å². The zero-order valence-electron chi connectivity index (χ0n) is 11.3. The first-order valence-electron chi connectivity index (χ1n) is 6.98. The number of benzene rings is 1. The Balaban J connectivity index is 1.54. The zero-order chi connectivity index (χ0) is 12.6. The number of likely N-dealkylation sites (tertiary alicyclic amines) is 1. The molecule has 3 nitrogen and oxygen atoms in total. The molecule has 1 aromatic carbocycles. The van der Waals surface area contributed by atoms with Crippen molar-refractivity contribution < 1.29 is 4.74 Å². The van der Waals surface area contributed by atoms with Gasteiger partial charge in [0.15, 0.2) is 0 Å². The average Bonchev–Trinajstić information content (AvgIpc) is 2.89.